The van der Waals surface area contributed by atoms with Crippen LogP contribution in [0.25, 0.3) is 0 Å². The molecule has 0 bridgehead atoms. The largest absolute Gasteiger partial charge is 1.00 e. The Balaban J connectivity index is 0.00000225. The number of hydrogen-bond acceptors (Lipinski definition) is 1. The minimum absolute atomic E-state index is 0. The van der Waals surface area contributed by atoms with E-state index in [1.165, 1.54) is 5.56 Å². The van der Waals surface area contributed by atoms with Crippen LogP contribution < -0.4 is 4.74 Å². The first-order chi connectivity index (χ1) is 7.01. The maximum absolute atomic E-state index is 5.13. The van der Waals surface area contributed by atoms with Crippen LogP contribution in [0.4, 0.5) is 0 Å². The van der Waals surface area contributed by atoms with E-state index in [-0.39, 0.29) is 17.1 Å². The zero-order chi connectivity index (χ0) is 11.3. The van der Waals surface area contributed by atoms with Crippen molar-refractivity contribution < 1.29 is 21.8 Å². The zero-order valence-corrected chi connectivity index (χ0v) is 12.2. The van der Waals surface area contributed by atoms with Gasteiger partial charge in [-0.25, -0.2) is 0 Å². The molecule has 0 aliphatic carbocycles. The number of rotatable bonds is 4. The van der Waals surface area contributed by atoms with Gasteiger partial charge >= 0.3 is 17.1 Å². The second-order valence-corrected chi connectivity index (χ2v) is 9.78. The summed E-state index contributed by atoms with van der Waals surface area (Å²) in [6, 6.07) is 9.23. The van der Waals surface area contributed by atoms with Crippen LogP contribution in [-0.2, 0) is 23.5 Å². The molecule has 0 unspecified atom stereocenters. The molecule has 3 heteroatoms. The summed E-state index contributed by atoms with van der Waals surface area (Å²) in [7, 11) is 0.615. The van der Waals surface area contributed by atoms with Crippen LogP contribution in [-0.4, -0.2) is 15.2 Å². The Hall–Kier alpha value is -0.504. The van der Waals surface area contributed by atoms with Crippen molar-refractivity contribution in [1.82, 2.24) is 0 Å². The Bertz CT molecular complexity index is 342. The fraction of sp³-hybridized carbons (Fsp3) is 0.385. The minimum atomic E-state index is -1.06. The van der Waals surface area contributed by atoms with E-state index in [2.05, 4.69) is 43.5 Å². The summed E-state index contributed by atoms with van der Waals surface area (Å²) in [5, 5.41) is 0. The Kier molecular flexibility index (Phi) is 6.73. The fourth-order valence-corrected chi connectivity index (χ4v) is 2.10. The average Bonchev–Trinajstić information content (AvgIpc) is 2.16. The standard InChI is InChI=1S/C13H19OSi.Cu/c1-14-13-9-5-7-12(11-13)8-6-10-15(2,3)4;/h5-7,9-10H,8H2,1-4H3;/q-1;+1/b10-6+;. The summed E-state index contributed by atoms with van der Waals surface area (Å²) in [6.07, 6.45) is 3.19. The van der Waals surface area contributed by atoms with Crippen LogP contribution in [0.2, 0.25) is 19.6 Å². The van der Waals surface area contributed by atoms with E-state index in [0.29, 0.717) is 0 Å². The maximum atomic E-state index is 5.13. The third kappa shape index (κ3) is 6.16. The van der Waals surface area contributed by atoms with E-state index in [9.17, 15) is 0 Å². The van der Waals surface area contributed by atoms with Gasteiger partial charge in [-0.05, 0) is 6.42 Å². The van der Waals surface area contributed by atoms with E-state index in [1.807, 2.05) is 12.1 Å². The predicted octanol–water partition coefficient (Wildman–Crippen LogP) is 3.47. The second kappa shape index (κ2) is 6.95. The molecule has 0 radical (unpaired) electrons. The minimum Gasteiger partial charge on any atom is -0.523 e. The van der Waals surface area contributed by atoms with E-state index >= 15 is 0 Å². The van der Waals surface area contributed by atoms with Crippen LogP contribution in [0.3, 0.4) is 0 Å². The monoisotopic (exact) mass is 282 g/mol. The van der Waals surface area contributed by atoms with Crippen LogP contribution in [0, 0.1) is 6.07 Å². The quantitative estimate of drug-likeness (QED) is 0.607. The molecule has 0 heterocycles. The Labute approximate surface area is 110 Å². The summed E-state index contributed by atoms with van der Waals surface area (Å²) >= 11 is 0. The van der Waals surface area contributed by atoms with Gasteiger partial charge in [-0.1, -0.05) is 31.4 Å². The number of allylic oxidation sites excluding steroid dienone is 1. The van der Waals surface area contributed by atoms with Gasteiger partial charge in [0.1, 0.15) is 0 Å². The van der Waals surface area contributed by atoms with Crippen molar-refractivity contribution in [3.8, 4) is 5.75 Å². The number of benzene rings is 1. The number of hydrogen-bond donors (Lipinski definition) is 0. The van der Waals surface area contributed by atoms with Gasteiger partial charge in [0.25, 0.3) is 0 Å². The normalized spacial score (nSPS) is 11.2. The van der Waals surface area contributed by atoms with Crippen molar-refractivity contribution in [2.75, 3.05) is 7.11 Å². The summed E-state index contributed by atoms with van der Waals surface area (Å²) < 4.78 is 5.13. The van der Waals surface area contributed by atoms with Crippen LogP contribution in [0.1, 0.15) is 5.56 Å². The molecular weight excluding hydrogens is 264 g/mol. The van der Waals surface area contributed by atoms with Crippen molar-refractivity contribution in [3.05, 3.63) is 41.6 Å². The average molecular weight is 283 g/mol. The van der Waals surface area contributed by atoms with Crippen LogP contribution in [0.5, 0.6) is 5.75 Å². The van der Waals surface area contributed by atoms with Crippen LogP contribution >= 0.6 is 0 Å². The molecule has 0 aliphatic rings. The smallest absolute Gasteiger partial charge is 0.523 e. The first-order valence-electron chi connectivity index (χ1n) is 5.24. The molecular formula is C13H19CuOSi. The molecule has 1 aromatic carbocycles. The van der Waals surface area contributed by atoms with Gasteiger partial charge in [-0.15, -0.1) is 12.1 Å². The summed E-state index contributed by atoms with van der Waals surface area (Å²) in [6.45, 7) is 7.00. The van der Waals surface area contributed by atoms with E-state index < -0.39 is 8.07 Å². The number of methoxy groups -OCH3 is 1. The molecule has 1 aromatic rings. The Morgan fingerprint density at radius 1 is 1.31 bits per heavy atom. The summed E-state index contributed by atoms with van der Waals surface area (Å²) in [5.74, 6) is 0.814. The predicted molar refractivity (Wildman–Crippen MR) is 68.0 cm³/mol. The van der Waals surface area contributed by atoms with Crippen molar-refractivity contribution >= 4 is 8.07 Å². The molecule has 0 N–H and O–H groups in total. The first-order valence-corrected chi connectivity index (χ1v) is 8.82. The number of ether oxygens (including phenoxy) is 1. The molecule has 0 saturated carbocycles. The molecule has 92 valence electrons. The van der Waals surface area contributed by atoms with E-state index in [4.69, 9.17) is 4.74 Å². The molecule has 1 rings (SSSR count). The van der Waals surface area contributed by atoms with Gasteiger partial charge in [0.15, 0.2) is 0 Å². The third-order valence-electron chi connectivity index (χ3n) is 2.00. The van der Waals surface area contributed by atoms with Crippen molar-refractivity contribution in [3.63, 3.8) is 0 Å². The zero-order valence-electron chi connectivity index (χ0n) is 10.3. The SMILES string of the molecule is COc1[c-]c(C/C=C/[Si](C)(C)C)ccc1.[Cu+]. The van der Waals surface area contributed by atoms with Crippen molar-refractivity contribution in [1.29, 1.82) is 0 Å². The molecule has 1 nitrogen and oxygen atoms in total. The van der Waals surface area contributed by atoms with Gasteiger partial charge in [-0.3, -0.25) is 0 Å². The summed E-state index contributed by atoms with van der Waals surface area (Å²) in [5.41, 5.74) is 3.55. The topological polar surface area (TPSA) is 9.23 Å². The van der Waals surface area contributed by atoms with Gasteiger partial charge in [-0.2, -0.15) is 17.7 Å². The van der Waals surface area contributed by atoms with Gasteiger partial charge in [0, 0.05) is 5.75 Å². The molecule has 0 aliphatic heterocycles. The molecule has 0 atom stereocenters. The summed E-state index contributed by atoms with van der Waals surface area (Å²) in [4.78, 5) is 0. The molecule has 0 amide bonds. The van der Waals surface area contributed by atoms with Gasteiger partial charge in [0.2, 0.25) is 0 Å². The Morgan fingerprint density at radius 3 is 2.56 bits per heavy atom. The van der Waals surface area contributed by atoms with E-state index in [0.717, 1.165) is 12.2 Å². The van der Waals surface area contributed by atoms with Gasteiger partial charge in [0.05, 0.1) is 15.2 Å². The third-order valence-corrected chi connectivity index (χ3v) is 3.24. The molecule has 0 aromatic heterocycles. The molecule has 16 heavy (non-hydrogen) atoms. The molecule has 0 saturated heterocycles. The van der Waals surface area contributed by atoms with Gasteiger partial charge < -0.3 is 4.74 Å². The fourth-order valence-electron chi connectivity index (χ4n) is 1.27. The molecule has 0 spiro atoms. The first kappa shape index (κ1) is 15.5. The van der Waals surface area contributed by atoms with Crippen molar-refractivity contribution in [2.24, 2.45) is 0 Å². The maximum Gasteiger partial charge on any atom is 1.00 e. The van der Waals surface area contributed by atoms with Crippen molar-refractivity contribution in [2.45, 2.75) is 26.1 Å². The second-order valence-electron chi connectivity index (χ2n) is 4.72. The molecule has 0 fully saturated rings. The van der Waals surface area contributed by atoms with Crippen LogP contribution in [0.15, 0.2) is 30.0 Å². The van der Waals surface area contributed by atoms with E-state index in [1.54, 1.807) is 7.11 Å². The Morgan fingerprint density at radius 2 is 2.00 bits per heavy atom.